The van der Waals surface area contributed by atoms with Gasteiger partial charge in [0.25, 0.3) is 0 Å². The summed E-state index contributed by atoms with van der Waals surface area (Å²) < 4.78 is 11.6. The van der Waals surface area contributed by atoms with E-state index in [0.29, 0.717) is 13.2 Å². The fourth-order valence-corrected chi connectivity index (χ4v) is 2.53. The summed E-state index contributed by atoms with van der Waals surface area (Å²) in [6.45, 7) is 3.35. The molecule has 1 unspecified atom stereocenters. The molecule has 4 heteroatoms. The molecule has 1 atom stereocenters. The average molecular weight is 285 g/mol. The highest BCUT2D eigenvalue weighted by Crippen LogP contribution is 2.33. The normalized spacial score (nSPS) is 16.5. The molecule has 21 heavy (non-hydrogen) atoms. The van der Waals surface area contributed by atoms with E-state index in [1.165, 1.54) is 0 Å². The number of ether oxygens (including phenoxy) is 2. The van der Waals surface area contributed by atoms with Gasteiger partial charge in [-0.2, -0.15) is 0 Å². The monoisotopic (exact) mass is 285 g/mol. The highest BCUT2D eigenvalue weighted by atomic mass is 16.5. The molecule has 0 fully saturated rings. The van der Waals surface area contributed by atoms with Crippen LogP contribution in [0.15, 0.2) is 42.5 Å². The summed E-state index contributed by atoms with van der Waals surface area (Å²) in [7, 11) is 0. The summed E-state index contributed by atoms with van der Waals surface area (Å²) in [5.41, 5.74) is 1.98. The average Bonchev–Trinajstić information content (AvgIpc) is 2.50. The number of nitrogens with one attached hydrogen (secondary N) is 1. The van der Waals surface area contributed by atoms with Crippen LogP contribution in [0.5, 0.6) is 17.2 Å². The smallest absolute Gasteiger partial charge is 0.143 e. The first-order chi connectivity index (χ1) is 10.3. The van der Waals surface area contributed by atoms with Gasteiger partial charge in [-0.3, -0.25) is 0 Å². The van der Waals surface area contributed by atoms with Gasteiger partial charge in [0.1, 0.15) is 23.4 Å². The molecule has 3 rings (SSSR count). The van der Waals surface area contributed by atoms with Crippen molar-refractivity contribution in [3.63, 3.8) is 0 Å². The summed E-state index contributed by atoms with van der Waals surface area (Å²) in [4.78, 5) is 0. The van der Waals surface area contributed by atoms with Crippen LogP contribution in [-0.4, -0.2) is 24.4 Å². The number of anilines is 1. The van der Waals surface area contributed by atoms with E-state index in [1.807, 2.05) is 25.1 Å². The second-order valence-electron chi connectivity index (χ2n) is 5.05. The van der Waals surface area contributed by atoms with Gasteiger partial charge in [-0.15, -0.1) is 0 Å². The minimum Gasteiger partial charge on any atom is -0.508 e. The quantitative estimate of drug-likeness (QED) is 0.905. The van der Waals surface area contributed by atoms with E-state index in [2.05, 4.69) is 11.4 Å². The van der Waals surface area contributed by atoms with Gasteiger partial charge in [0, 0.05) is 12.5 Å². The lowest BCUT2D eigenvalue weighted by molar-refractivity contribution is 0.204. The number of phenols is 1. The molecular formula is C17H19NO3. The van der Waals surface area contributed by atoms with E-state index in [4.69, 9.17) is 9.47 Å². The first kappa shape index (κ1) is 13.6. The molecule has 0 saturated heterocycles. The Balaban J connectivity index is 1.74. The molecule has 1 aliphatic rings. The Morgan fingerprint density at radius 3 is 3.00 bits per heavy atom. The van der Waals surface area contributed by atoms with Gasteiger partial charge in [0.2, 0.25) is 0 Å². The van der Waals surface area contributed by atoms with Gasteiger partial charge in [-0.05, 0) is 30.7 Å². The molecular weight excluding hydrogens is 266 g/mol. The molecule has 2 aromatic carbocycles. The number of para-hydroxylation sites is 1. The van der Waals surface area contributed by atoms with Crippen molar-refractivity contribution in [1.82, 2.24) is 0 Å². The minimum absolute atomic E-state index is 0.0450. The maximum atomic E-state index is 9.47. The summed E-state index contributed by atoms with van der Waals surface area (Å²) in [6, 6.07) is 13.2. The Hall–Kier alpha value is -2.36. The van der Waals surface area contributed by atoms with Crippen LogP contribution < -0.4 is 14.8 Å². The van der Waals surface area contributed by atoms with Crippen molar-refractivity contribution in [3.8, 4) is 17.2 Å². The zero-order valence-electron chi connectivity index (χ0n) is 12.0. The Morgan fingerprint density at radius 1 is 1.29 bits per heavy atom. The van der Waals surface area contributed by atoms with E-state index in [-0.39, 0.29) is 11.9 Å². The first-order valence-electron chi connectivity index (χ1n) is 7.20. The van der Waals surface area contributed by atoms with Crippen molar-refractivity contribution in [2.45, 2.75) is 19.4 Å². The molecule has 1 heterocycles. The maximum Gasteiger partial charge on any atom is 0.143 e. The van der Waals surface area contributed by atoms with E-state index in [0.717, 1.165) is 29.2 Å². The maximum absolute atomic E-state index is 9.47. The third kappa shape index (κ3) is 3.05. The molecule has 0 saturated carbocycles. The summed E-state index contributed by atoms with van der Waals surface area (Å²) in [5, 5.41) is 12.8. The molecule has 4 nitrogen and oxygen atoms in total. The van der Waals surface area contributed by atoms with E-state index in [1.54, 1.807) is 18.2 Å². The molecule has 0 aliphatic carbocycles. The molecule has 0 spiro atoms. The van der Waals surface area contributed by atoms with Gasteiger partial charge in [0.05, 0.1) is 18.8 Å². The van der Waals surface area contributed by atoms with Crippen LogP contribution in [0.2, 0.25) is 0 Å². The Labute approximate surface area is 124 Å². The largest absolute Gasteiger partial charge is 0.508 e. The fraction of sp³-hybridized carbons (Fsp3) is 0.294. The topological polar surface area (TPSA) is 50.7 Å². The third-order valence-corrected chi connectivity index (χ3v) is 3.50. The van der Waals surface area contributed by atoms with E-state index in [9.17, 15) is 5.11 Å². The predicted molar refractivity (Wildman–Crippen MR) is 82.3 cm³/mol. The van der Waals surface area contributed by atoms with Crippen LogP contribution in [0.25, 0.3) is 0 Å². The number of phenolic OH excluding ortho intramolecular Hbond substituents is 1. The van der Waals surface area contributed by atoms with Gasteiger partial charge < -0.3 is 19.9 Å². The van der Waals surface area contributed by atoms with Gasteiger partial charge in [-0.1, -0.05) is 18.2 Å². The SMILES string of the molecule is CCOc1ccccc1CC1CNc2cc(O)ccc2O1. The van der Waals surface area contributed by atoms with E-state index >= 15 is 0 Å². The summed E-state index contributed by atoms with van der Waals surface area (Å²) in [5.74, 6) is 1.93. The number of fused-ring (bicyclic) bond motifs is 1. The Kier molecular flexibility index (Phi) is 3.86. The highest BCUT2D eigenvalue weighted by molar-refractivity contribution is 5.61. The molecule has 0 radical (unpaired) electrons. The Bertz CT molecular complexity index is 627. The van der Waals surface area contributed by atoms with Gasteiger partial charge >= 0.3 is 0 Å². The van der Waals surface area contributed by atoms with Crippen LogP contribution in [0.3, 0.4) is 0 Å². The molecule has 110 valence electrons. The van der Waals surface area contributed by atoms with Crippen molar-refractivity contribution in [3.05, 3.63) is 48.0 Å². The van der Waals surface area contributed by atoms with Crippen LogP contribution in [0, 0.1) is 0 Å². The summed E-state index contributed by atoms with van der Waals surface area (Å²) in [6.07, 6.45) is 0.826. The third-order valence-electron chi connectivity index (χ3n) is 3.50. The molecule has 0 aromatic heterocycles. The second kappa shape index (κ2) is 5.95. The second-order valence-corrected chi connectivity index (χ2v) is 5.05. The zero-order chi connectivity index (χ0) is 14.7. The van der Waals surface area contributed by atoms with E-state index < -0.39 is 0 Å². The lowest BCUT2D eigenvalue weighted by atomic mass is 10.1. The van der Waals surface area contributed by atoms with Crippen molar-refractivity contribution in [2.75, 3.05) is 18.5 Å². The zero-order valence-corrected chi connectivity index (χ0v) is 12.0. The highest BCUT2D eigenvalue weighted by Gasteiger charge is 2.21. The molecule has 2 N–H and O–H groups in total. The number of benzene rings is 2. The lowest BCUT2D eigenvalue weighted by Gasteiger charge is -2.28. The molecule has 2 aromatic rings. The molecule has 0 bridgehead atoms. The van der Waals surface area contributed by atoms with Crippen LogP contribution in [-0.2, 0) is 6.42 Å². The first-order valence-corrected chi connectivity index (χ1v) is 7.20. The van der Waals surface area contributed by atoms with Gasteiger partial charge in [0.15, 0.2) is 0 Å². The summed E-state index contributed by atoms with van der Waals surface area (Å²) >= 11 is 0. The number of rotatable bonds is 4. The lowest BCUT2D eigenvalue weighted by Crippen LogP contribution is -2.32. The van der Waals surface area contributed by atoms with Crippen molar-refractivity contribution >= 4 is 5.69 Å². The Morgan fingerprint density at radius 2 is 2.14 bits per heavy atom. The molecule has 0 amide bonds. The van der Waals surface area contributed by atoms with Crippen molar-refractivity contribution in [2.24, 2.45) is 0 Å². The van der Waals surface area contributed by atoms with Crippen molar-refractivity contribution < 1.29 is 14.6 Å². The number of aromatic hydroxyl groups is 1. The van der Waals surface area contributed by atoms with Crippen LogP contribution >= 0.6 is 0 Å². The minimum atomic E-state index is 0.0450. The number of hydrogen-bond acceptors (Lipinski definition) is 4. The molecule has 1 aliphatic heterocycles. The fourth-order valence-electron chi connectivity index (χ4n) is 2.53. The predicted octanol–water partition coefficient (Wildman–Crippen LogP) is 3.21. The number of hydrogen-bond donors (Lipinski definition) is 2. The standard InChI is InChI=1S/C17H19NO3/c1-2-20-16-6-4-3-5-12(16)9-14-11-18-15-10-13(19)7-8-17(15)21-14/h3-8,10,14,18-19H,2,9,11H2,1H3. The van der Waals surface area contributed by atoms with Gasteiger partial charge in [-0.25, -0.2) is 0 Å². The van der Waals surface area contributed by atoms with Crippen LogP contribution in [0.1, 0.15) is 12.5 Å². The van der Waals surface area contributed by atoms with Crippen LogP contribution in [0.4, 0.5) is 5.69 Å². The van der Waals surface area contributed by atoms with Crippen molar-refractivity contribution in [1.29, 1.82) is 0 Å².